The number of hydrogen-bond donors (Lipinski definition) is 2. The Kier molecular flexibility index (Phi) is 2.83. The van der Waals surface area contributed by atoms with Crippen LogP contribution in [0.5, 0.6) is 0 Å². The van der Waals surface area contributed by atoms with Gasteiger partial charge in [-0.3, -0.25) is 9.59 Å². The normalized spacial score (nSPS) is 30.7. The van der Waals surface area contributed by atoms with Gasteiger partial charge in [-0.15, -0.1) is 23.2 Å². The third kappa shape index (κ3) is 2.28. The number of carbonyl (C=O) groups is 2. The van der Waals surface area contributed by atoms with Gasteiger partial charge in [-0.25, -0.2) is 0 Å². The molecule has 0 aromatic rings. The topological polar surface area (TPSA) is 58.2 Å². The average molecular weight is 265 g/mol. The third-order valence-corrected chi connectivity index (χ3v) is 4.21. The molecule has 4 nitrogen and oxygen atoms in total. The molecule has 0 spiro atoms. The molecular formula is C10H14Cl2N2O2. The Morgan fingerprint density at radius 2 is 1.94 bits per heavy atom. The monoisotopic (exact) mass is 264 g/mol. The first-order valence-corrected chi connectivity index (χ1v) is 6.06. The zero-order valence-corrected chi connectivity index (χ0v) is 10.5. The summed E-state index contributed by atoms with van der Waals surface area (Å²) in [6.07, 6.45) is 2.49. The Morgan fingerprint density at radius 1 is 1.38 bits per heavy atom. The van der Waals surface area contributed by atoms with E-state index in [-0.39, 0.29) is 18.4 Å². The van der Waals surface area contributed by atoms with Gasteiger partial charge in [-0.1, -0.05) is 0 Å². The average Bonchev–Trinajstić information content (AvgIpc) is 3.04. The predicted octanol–water partition coefficient (Wildman–Crippen LogP) is 0.965. The van der Waals surface area contributed by atoms with Crippen molar-refractivity contribution in [1.82, 2.24) is 10.6 Å². The fraction of sp³-hybridized carbons (Fsp3) is 0.800. The van der Waals surface area contributed by atoms with Crippen LogP contribution < -0.4 is 10.6 Å². The van der Waals surface area contributed by atoms with Crippen molar-refractivity contribution in [1.29, 1.82) is 0 Å². The van der Waals surface area contributed by atoms with Crippen molar-refractivity contribution < 1.29 is 9.59 Å². The van der Waals surface area contributed by atoms with Crippen molar-refractivity contribution in [3.63, 3.8) is 0 Å². The van der Waals surface area contributed by atoms with Crippen molar-refractivity contribution in [2.45, 2.75) is 36.6 Å². The molecule has 0 saturated heterocycles. The van der Waals surface area contributed by atoms with Crippen LogP contribution in [0.3, 0.4) is 0 Å². The molecule has 0 aromatic heterocycles. The van der Waals surface area contributed by atoms with Crippen LogP contribution in [0.4, 0.5) is 0 Å². The Labute approximate surface area is 104 Å². The number of halogens is 2. The second-order valence-corrected chi connectivity index (χ2v) is 6.22. The van der Waals surface area contributed by atoms with Crippen LogP contribution in [0.25, 0.3) is 0 Å². The number of hydrogen-bond acceptors (Lipinski definition) is 2. The fourth-order valence-corrected chi connectivity index (χ4v) is 2.21. The molecule has 16 heavy (non-hydrogen) atoms. The van der Waals surface area contributed by atoms with Gasteiger partial charge in [0.05, 0.1) is 12.0 Å². The third-order valence-electron chi connectivity index (χ3n) is 3.11. The molecule has 90 valence electrons. The van der Waals surface area contributed by atoms with Crippen LogP contribution in [-0.4, -0.2) is 28.7 Å². The first-order valence-electron chi connectivity index (χ1n) is 5.31. The molecule has 0 heterocycles. The molecule has 2 saturated carbocycles. The molecule has 0 radical (unpaired) electrons. The van der Waals surface area contributed by atoms with E-state index in [0.29, 0.717) is 12.5 Å². The Hall–Kier alpha value is -0.480. The zero-order chi connectivity index (χ0) is 12.0. The molecule has 0 aromatic carbocycles. The highest BCUT2D eigenvalue weighted by molar-refractivity contribution is 6.53. The number of rotatable bonds is 4. The van der Waals surface area contributed by atoms with E-state index in [1.54, 1.807) is 6.92 Å². The Bertz CT molecular complexity index is 342. The summed E-state index contributed by atoms with van der Waals surface area (Å²) in [6, 6.07) is 0.307. The summed E-state index contributed by atoms with van der Waals surface area (Å²) in [5.41, 5.74) is -0.754. The second-order valence-electron chi connectivity index (χ2n) is 4.74. The van der Waals surface area contributed by atoms with E-state index in [2.05, 4.69) is 10.6 Å². The van der Waals surface area contributed by atoms with Gasteiger partial charge in [0.2, 0.25) is 11.8 Å². The fourth-order valence-electron chi connectivity index (χ4n) is 1.51. The molecule has 2 aliphatic rings. The highest BCUT2D eigenvalue weighted by atomic mass is 35.5. The van der Waals surface area contributed by atoms with Crippen LogP contribution in [0, 0.1) is 5.41 Å². The number of amides is 2. The summed E-state index contributed by atoms with van der Waals surface area (Å²) in [5.74, 6) is -0.418. The predicted molar refractivity (Wildman–Crippen MR) is 61.3 cm³/mol. The first kappa shape index (κ1) is 12.0. The maximum atomic E-state index is 11.7. The molecule has 2 fully saturated rings. The minimum absolute atomic E-state index is 0.00518. The van der Waals surface area contributed by atoms with Gasteiger partial charge >= 0.3 is 0 Å². The molecule has 2 aliphatic carbocycles. The number of nitrogens with one attached hydrogen (secondary N) is 2. The first-order chi connectivity index (χ1) is 7.35. The lowest BCUT2D eigenvalue weighted by Gasteiger charge is -2.12. The molecule has 0 bridgehead atoms. The summed E-state index contributed by atoms with van der Waals surface area (Å²) < 4.78 is -0.982. The van der Waals surface area contributed by atoms with Gasteiger partial charge in [0.15, 0.2) is 0 Å². The molecule has 2 rings (SSSR count). The Balaban J connectivity index is 1.73. The van der Waals surface area contributed by atoms with Crippen molar-refractivity contribution >= 4 is 35.0 Å². The SMILES string of the molecule is CC1(C(=O)NCC(=O)NC2CC2)CC1(Cl)Cl. The van der Waals surface area contributed by atoms with Gasteiger partial charge < -0.3 is 10.6 Å². The standard InChI is InChI=1S/C10H14Cl2N2O2/c1-9(5-10(9,11)12)8(16)13-4-7(15)14-6-2-3-6/h6H,2-5H2,1H3,(H,13,16)(H,14,15). The molecule has 1 unspecified atom stereocenters. The van der Waals surface area contributed by atoms with Gasteiger partial charge in [-0.2, -0.15) is 0 Å². The van der Waals surface area contributed by atoms with Crippen LogP contribution >= 0.6 is 23.2 Å². The van der Waals surface area contributed by atoms with E-state index < -0.39 is 9.75 Å². The minimum Gasteiger partial charge on any atom is -0.352 e. The quantitative estimate of drug-likeness (QED) is 0.744. The van der Waals surface area contributed by atoms with Crippen molar-refractivity contribution in [2.24, 2.45) is 5.41 Å². The van der Waals surface area contributed by atoms with Gasteiger partial charge in [0.1, 0.15) is 4.33 Å². The van der Waals surface area contributed by atoms with E-state index in [0.717, 1.165) is 12.8 Å². The largest absolute Gasteiger partial charge is 0.352 e. The molecule has 6 heteroatoms. The highest BCUT2D eigenvalue weighted by Gasteiger charge is 2.67. The number of carbonyl (C=O) groups excluding carboxylic acids is 2. The molecule has 2 amide bonds. The Morgan fingerprint density at radius 3 is 2.38 bits per heavy atom. The van der Waals surface area contributed by atoms with E-state index >= 15 is 0 Å². The van der Waals surface area contributed by atoms with Crippen LogP contribution in [0.1, 0.15) is 26.2 Å². The molecule has 1 atom stereocenters. The van der Waals surface area contributed by atoms with Crippen molar-refractivity contribution in [3.05, 3.63) is 0 Å². The number of alkyl halides is 2. The van der Waals surface area contributed by atoms with Gasteiger partial charge in [0.25, 0.3) is 0 Å². The van der Waals surface area contributed by atoms with Crippen LogP contribution in [0.2, 0.25) is 0 Å². The van der Waals surface area contributed by atoms with E-state index in [1.165, 1.54) is 0 Å². The second kappa shape index (κ2) is 3.77. The van der Waals surface area contributed by atoms with Gasteiger partial charge in [0, 0.05) is 6.04 Å². The van der Waals surface area contributed by atoms with Crippen molar-refractivity contribution in [2.75, 3.05) is 6.54 Å². The lowest BCUT2D eigenvalue weighted by atomic mass is 10.1. The van der Waals surface area contributed by atoms with Crippen LogP contribution in [0.15, 0.2) is 0 Å². The smallest absolute Gasteiger partial charge is 0.239 e. The molecule has 0 aliphatic heterocycles. The summed E-state index contributed by atoms with van der Waals surface area (Å²) in [7, 11) is 0. The maximum Gasteiger partial charge on any atom is 0.239 e. The lowest BCUT2D eigenvalue weighted by Crippen LogP contribution is -2.41. The summed E-state index contributed by atoms with van der Waals surface area (Å²) in [4.78, 5) is 23.0. The van der Waals surface area contributed by atoms with E-state index in [4.69, 9.17) is 23.2 Å². The summed E-state index contributed by atoms with van der Waals surface area (Å²) in [6.45, 7) is 1.69. The van der Waals surface area contributed by atoms with Gasteiger partial charge in [-0.05, 0) is 26.2 Å². The molecule has 2 N–H and O–H groups in total. The highest BCUT2D eigenvalue weighted by Crippen LogP contribution is 2.63. The van der Waals surface area contributed by atoms with E-state index in [9.17, 15) is 9.59 Å². The maximum absolute atomic E-state index is 11.7. The zero-order valence-electron chi connectivity index (χ0n) is 8.98. The minimum atomic E-state index is -0.982. The lowest BCUT2D eigenvalue weighted by molar-refractivity contribution is -0.129. The van der Waals surface area contributed by atoms with Crippen LogP contribution in [-0.2, 0) is 9.59 Å². The molecular weight excluding hydrogens is 251 g/mol. The summed E-state index contributed by atoms with van der Waals surface area (Å²) in [5, 5.41) is 5.34. The van der Waals surface area contributed by atoms with E-state index in [1.807, 2.05) is 0 Å². The van der Waals surface area contributed by atoms with Crippen molar-refractivity contribution in [3.8, 4) is 0 Å². The summed E-state index contributed by atoms with van der Waals surface area (Å²) >= 11 is 11.7.